The summed E-state index contributed by atoms with van der Waals surface area (Å²) in [7, 11) is 0. The molecular formula is C17H18N2. The fourth-order valence-electron chi connectivity index (χ4n) is 3.51. The van der Waals surface area contributed by atoms with Crippen molar-refractivity contribution in [3.63, 3.8) is 0 Å². The average Bonchev–Trinajstić information content (AvgIpc) is 3.02. The minimum Gasteiger partial charge on any atom is -0.358 e. The zero-order valence-corrected chi connectivity index (χ0v) is 11.1. The molecule has 19 heavy (non-hydrogen) atoms. The molecule has 2 heteroatoms. The predicted molar refractivity (Wildman–Crippen MR) is 79.2 cm³/mol. The van der Waals surface area contributed by atoms with Crippen LogP contribution in [0.1, 0.15) is 12.6 Å². The maximum absolute atomic E-state index is 3.63. The van der Waals surface area contributed by atoms with E-state index in [9.17, 15) is 0 Å². The first kappa shape index (κ1) is 11.1. The second kappa shape index (κ2) is 3.84. The van der Waals surface area contributed by atoms with E-state index in [0.29, 0.717) is 12.0 Å². The van der Waals surface area contributed by atoms with Crippen molar-refractivity contribution in [3.05, 3.63) is 60.3 Å². The van der Waals surface area contributed by atoms with Gasteiger partial charge in [-0.3, -0.25) is 0 Å². The van der Waals surface area contributed by atoms with Gasteiger partial charge in [0, 0.05) is 35.1 Å². The van der Waals surface area contributed by atoms with E-state index in [1.165, 1.54) is 16.6 Å². The van der Waals surface area contributed by atoms with Gasteiger partial charge in [0.15, 0.2) is 0 Å². The Kier molecular flexibility index (Phi) is 2.24. The molecule has 2 aliphatic rings. The van der Waals surface area contributed by atoms with E-state index in [1.807, 2.05) is 0 Å². The lowest BCUT2D eigenvalue weighted by molar-refractivity contribution is 0.411. The summed E-state index contributed by atoms with van der Waals surface area (Å²) in [6, 6.07) is 11.3. The van der Waals surface area contributed by atoms with Crippen molar-refractivity contribution in [1.82, 2.24) is 10.3 Å². The third kappa shape index (κ3) is 1.53. The summed E-state index contributed by atoms with van der Waals surface area (Å²) in [6.07, 6.45) is 8.94. The number of allylic oxidation sites excluding steroid dienone is 2. The van der Waals surface area contributed by atoms with Gasteiger partial charge in [0.05, 0.1) is 0 Å². The van der Waals surface area contributed by atoms with Crippen LogP contribution in [0.5, 0.6) is 0 Å². The summed E-state index contributed by atoms with van der Waals surface area (Å²) in [4.78, 5) is 3.61. The van der Waals surface area contributed by atoms with Crippen molar-refractivity contribution in [3.8, 4) is 0 Å². The second-order valence-electron chi connectivity index (χ2n) is 5.89. The molecule has 1 aliphatic heterocycles. The van der Waals surface area contributed by atoms with Crippen LogP contribution >= 0.6 is 0 Å². The summed E-state index contributed by atoms with van der Waals surface area (Å²) in [6.45, 7) is 3.38. The molecule has 1 aromatic heterocycles. The Morgan fingerprint density at radius 3 is 2.89 bits per heavy atom. The van der Waals surface area contributed by atoms with Gasteiger partial charge in [-0.05, 0) is 17.5 Å². The van der Waals surface area contributed by atoms with Gasteiger partial charge >= 0.3 is 0 Å². The van der Waals surface area contributed by atoms with Gasteiger partial charge in [0.2, 0.25) is 0 Å². The monoisotopic (exact) mass is 250 g/mol. The van der Waals surface area contributed by atoms with Crippen LogP contribution in [0.4, 0.5) is 0 Å². The van der Waals surface area contributed by atoms with E-state index in [0.717, 1.165) is 6.54 Å². The lowest BCUT2D eigenvalue weighted by Crippen LogP contribution is -2.32. The Morgan fingerprint density at radius 1 is 1.16 bits per heavy atom. The molecule has 2 heterocycles. The number of hydrogen-bond acceptors (Lipinski definition) is 1. The molecular weight excluding hydrogens is 232 g/mol. The van der Waals surface area contributed by atoms with Crippen molar-refractivity contribution < 1.29 is 0 Å². The topological polar surface area (TPSA) is 27.8 Å². The van der Waals surface area contributed by atoms with Gasteiger partial charge in [-0.15, -0.1) is 0 Å². The maximum Gasteiger partial charge on any atom is 0.0456 e. The summed E-state index contributed by atoms with van der Waals surface area (Å²) < 4.78 is 0. The highest BCUT2D eigenvalue weighted by Crippen LogP contribution is 2.41. The van der Waals surface area contributed by atoms with E-state index in [4.69, 9.17) is 0 Å². The first-order valence-electron chi connectivity index (χ1n) is 6.94. The normalized spacial score (nSPS) is 32.9. The van der Waals surface area contributed by atoms with Crippen molar-refractivity contribution in [2.75, 3.05) is 6.54 Å². The molecule has 1 saturated heterocycles. The van der Waals surface area contributed by atoms with E-state index in [2.05, 4.69) is 71.9 Å². The summed E-state index contributed by atoms with van der Waals surface area (Å²) in [5, 5.41) is 4.94. The number of fused-ring (bicyclic) bond motifs is 2. The van der Waals surface area contributed by atoms with Crippen LogP contribution in [-0.4, -0.2) is 17.6 Å². The van der Waals surface area contributed by atoms with Crippen LogP contribution in [-0.2, 0) is 5.41 Å². The lowest BCUT2D eigenvalue weighted by Gasteiger charge is -2.30. The van der Waals surface area contributed by atoms with Gasteiger partial charge < -0.3 is 10.3 Å². The third-order valence-electron chi connectivity index (χ3n) is 4.72. The molecule has 1 aliphatic carbocycles. The molecule has 4 rings (SSSR count). The summed E-state index contributed by atoms with van der Waals surface area (Å²) >= 11 is 0. The van der Waals surface area contributed by atoms with Gasteiger partial charge in [-0.2, -0.15) is 0 Å². The second-order valence-corrected chi connectivity index (χ2v) is 5.89. The van der Waals surface area contributed by atoms with E-state index >= 15 is 0 Å². The van der Waals surface area contributed by atoms with Crippen LogP contribution in [0.2, 0.25) is 0 Å². The minimum atomic E-state index is 0.144. The molecule has 0 amide bonds. The Labute approximate surface area is 113 Å². The zero-order chi connectivity index (χ0) is 12.9. The minimum absolute atomic E-state index is 0.144. The van der Waals surface area contributed by atoms with Gasteiger partial charge in [-0.25, -0.2) is 0 Å². The fourth-order valence-corrected chi connectivity index (χ4v) is 3.51. The molecule has 0 saturated carbocycles. The molecule has 2 nitrogen and oxygen atoms in total. The Balaban J connectivity index is 1.82. The van der Waals surface area contributed by atoms with Crippen molar-refractivity contribution in [2.24, 2.45) is 5.92 Å². The fraction of sp³-hybridized carbons (Fsp3) is 0.294. The molecule has 96 valence electrons. The smallest absolute Gasteiger partial charge is 0.0456 e. The molecule has 3 atom stereocenters. The van der Waals surface area contributed by atoms with Crippen LogP contribution in [0.15, 0.2) is 54.6 Å². The first-order valence-corrected chi connectivity index (χ1v) is 6.94. The highest BCUT2D eigenvalue weighted by molar-refractivity contribution is 5.80. The number of aromatic nitrogens is 1. The van der Waals surface area contributed by atoms with Crippen LogP contribution < -0.4 is 5.32 Å². The summed E-state index contributed by atoms with van der Waals surface area (Å²) in [5.41, 5.74) is 2.72. The van der Waals surface area contributed by atoms with E-state index in [1.54, 1.807) is 0 Å². The Bertz CT molecular complexity index is 646. The molecule has 3 unspecified atom stereocenters. The number of nitrogens with one attached hydrogen (secondary N) is 2. The zero-order valence-electron chi connectivity index (χ0n) is 11.1. The number of rotatable bonds is 1. The third-order valence-corrected chi connectivity index (χ3v) is 4.72. The molecule has 1 aromatic carbocycles. The largest absolute Gasteiger partial charge is 0.358 e. The molecule has 0 bridgehead atoms. The van der Waals surface area contributed by atoms with E-state index < -0.39 is 0 Å². The molecule has 1 fully saturated rings. The number of H-pyrrole nitrogens is 1. The molecule has 2 aromatic rings. The number of para-hydroxylation sites is 1. The van der Waals surface area contributed by atoms with Crippen LogP contribution in [0, 0.1) is 5.92 Å². The highest BCUT2D eigenvalue weighted by atomic mass is 15.0. The number of hydrogen-bond donors (Lipinski definition) is 2. The van der Waals surface area contributed by atoms with Crippen molar-refractivity contribution in [1.29, 1.82) is 0 Å². The van der Waals surface area contributed by atoms with Gasteiger partial charge in [0.25, 0.3) is 0 Å². The number of benzene rings is 1. The SMILES string of the molecule is CC1(c2cc3ccccc3[nH]2)CNC2C=CC=CC21. The van der Waals surface area contributed by atoms with Crippen molar-refractivity contribution in [2.45, 2.75) is 18.4 Å². The average molecular weight is 250 g/mol. The lowest BCUT2D eigenvalue weighted by atomic mass is 9.73. The van der Waals surface area contributed by atoms with Crippen LogP contribution in [0.3, 0.4) is 0 Å². The van der Waals surface area contributed by atoms with Crippen LogP contribution in [0.25, 0.3) is 10.9 Å². The Hall–Kier alpha value is -1.80. The van der Waals surface area contributed by atoms with Gasteiger partial charge in [-0.1, -0.05) is 49.4 Å². The van der Waals surface area contributed by atoms with Crippen molar-refractivity contribution >= 4 is 10.9 Å². The highest BCUT2D eigenvalue weighted by Gasteiger charge is 2.45. The first-order chi connectivity index (χ1) is 9.27. The van der Waals surface area contributed by atoms with Gasteiger partial charge in [0.1, 0.15) is 0 Å². The molecule has 0 spiro atoms. The Morgan fingerprint density at radius 2 is 2.00 bits per heavy atom. The molecule has 2 N–H and O–H groups in total. The number of aromatic amines is 1. The summed E-state index contributed by atoms with van der Waals surface area (Å²) in [5.74, 6) is 0.533. The predicted octanol–water partition coefficient (Wildman–Crippen LogP) is 3.14. The van der Waals surface area contributed by atoms with E-state index in [-0.39, 0.29) is 5.41 Å². The standard InChI is InChI=1S/C17H18N2/c1-17(11-18-15-9-5-3-7-13(15)17)16-10-12-6-2-4-8-14(12)19-16/h2-10,13,15,18-19H,11H2,1H3. The maximum atomic E-state index is 3.63. The molecule has 0 radical (unpaired) electrons. The quantitative estimate of drug-likeness (QED) is 0.799.